The number of hydrogen-bond acceptors (Lipinski definition) is 4. The Labute approximate surface area is 103 Å². The molecule has 4 N–H and O–H groups in total. The van der Waals surface area contributed by atoms with Crippen LogP contribution in [0.2, 0.25) is 0 Å². The minimum absolute atomic E-state index is 0.0659. The van der Waals surface area contributed by atoms with E-state index in [9.17, 15) is 5.11 Å². The lowest BCUT2D eigenvalue weighted by Crippen LogP contribution is -2.11. The summed E-state index contributed by atoms with van der Waals surface area (Å²) < 4.78 is 5.84. The van der Waals surface area contributed by atoms with Gasteiger partial charge in [-0.15, -0.1) is 0 Å². The fraction of sp³-hybridized carbons (Fsp3) is 0.455. The third-order valence-corrected chi connectivity index (χ3v) is 2.82. The van der Waals surface area contributed by atoms with Crippen molar-refractivity contribution in [1.29, 1.82) is 0 Å². The molecule has 0 bridgehead atoms. The SMILES string of the molecule is COc1cc(Br)cc([C@@H](N)CCCO)c1O. The van der Waals surface area contributed by atoms with Crippen LogP contribution in [0.1, 0.15) is 24.4 Å². The molecule has 0 amide bonds. The summed E-state index contributed by atoms with van der Waals surface area (Å²) in [6.07, 6.45) is 1.22. The van der Waals surface area contributed by atoms with E-state index >= 15 is 0 Å². The second kappa shape index (κ2) is 6.08. The second-order valence-corrected chi connectivity index (χ2v) is 4.43. The number of aliphatic hydroxyl groups is 1. The van der Waals surface area contributed by atoms with Gasteiger partial charge in [-0.2, -0.15) is 0 Å². The first kappa shape index (κ1) is 13.3. The Kier molecular flexibility index (Phi) is 5.05. The van der Waals surface area contributed by atoms with Crippen molar-refractivity contribution >= 4 is 15.9 Å². The average molecular weight is 290 g/mol. The van der Waals surface area contributed by atoms with Crippen molar-refractivity contribution in [3.8, 4) is 11.5 Å². The minimum Gasteiger partial charge on any atom is -0.504 e. The Hall–Kier alpha value is -0.780. The van der Waals surface area contributed by atoms with E-state index in [1.165, 1.54) is 7.11 Å². The van der Waals surface area contributed by atoms with Gasteiger partial charge in [0.05, 0.1) is 7.11 Å². The summed E-state index contributed by atoms with van der Waals surface area (Å²) in [6.45, 7) is 0.0968. The van der Waals surface area contributed by atoms with Crippen LogP contribution in [0.15, 0.2) is 16.6 Å². The van der Waals surface area contributed by atoms with Gasteiger partial charge < -0.3 is 20.7 Å². The van der Waals surface area contributed by atoms with Gasteiger partial charge in [0.2, 0.25) is 0 Å². The molecule has 0 heterocycles. The lowest BCUT2D eigenvalue weighted by Gasteiger charge is -2.15. The molecular formula is C11H16BrNO3. The van der Waals surface area contributed by atoms with Gasteiger partial charge in [0.15, 0.2) is 11.5 Å². The zero-order valence-corrected chi connectivity index (χ0v) is 10.7. The quantitative estimate of drug-likeness (QED) is 0.774. The lowest BCUT2D eigenvalue weighted by atomic mass is 10.0. The molecule has 1 atom stereocenters. The first-order chi connectivity index (χ1) is 7.60. The molecule has 1 rings (SSSR count). The predicted octanol–water partition coefficient (Wildman–Crippen LogP) is 1.94. The molecule has 0 spiro atoms. The van der Waals surface area contributed by atoms with Crippen molar-refractivity contribution in [1.82, 2.24) is 0 Å². The number of methoxy groups -OCH3 is 1. The summed E-state index contributed by atoms with van der Waals surface area (Å²) in [5.74, 6) is 0.458. The molecule has 0 radical (unpaired) electrons. The van der Waals surface area contributed by atoms with E-state index < -0.39 is 0 Å². The Balaban J connectivity index is 2.98. The Morgan fingerprint density at radius 2 is 2.19 bits per heavy atom. The van der Waals surface area contributed by atoms with Gasteiger partial charge in [0, 0.05) is 22.7 Å². The normalized spacial score (nSPS) is 12.5. The number of phenols is 1. The van der Waals surface area contributed by atoms with Crippen molar-refractivity contribution in [3.63, 3.8) is 0 Å². The molecule has 0 aliphatic rings. The van der Waals surface area contributed by atoms with Gasteiger partial charge >= 0.3 is 0 Å². The van der Waals surface area contributed by atoms with E-state index in [0.717, 1.165) is 4.47 Å². The van der Waals surface area contributed by atoms with Crippen LogP contribution in [-0.2, 0) is 0 Å². The maximum Gasteiger partial charge on any atom is 0.162 e. The number of benzene rings is 1. The monoisotopic (exact) mass is 289 g/mol. The smallest absolute Gasteiger partial charge is 0.162 e. The molecule has 5 heteroatoms. The van der Waals surface area contributed by atoms with Gasteiger partial charge in [0.1, 0.15) is 0 Å². The molecule has 0 aromatic heterocycles. The van der Waals surface area contributed by atoms with Crippen molar-refractivity contribution < 1.29 is 14.9 Å². The molecular weight excluding hydrogens is 274 g/mol. The molecule has 0 aliphatic carbocycles. The summed E-state index contributed by atoms with van der Waals surface area (Å²) in [7, 11) is 1.49. The van der Waals surface area contributed by atoms with E-state index in [1.54, 1.807) is 12.1 Å². The summed E-state index contributed by atoms with van der Waals surface area (Å²) in [5, 5.41) is 18.6. The molecule has 0 saturated heterocycles. The summed E-state index contributed by atoms with van der Waals surface area (Å²) in [4.78, 5) is 0. The van der Waals surface area contributed by atoms with Crippen molar-refractivity contribution in [2.75, 3.05) is 13.7 Å². The number of aromatic hydroxyl groups is 1. The number of nitrogens with two attached hydrogens (primary N) is 1. The van der Waals surface area contributed by atoms with Gasteiger partial charge in [0.25, 0.3) is 0 Å². The first-order valence-electron chi connectivity index (χ1n) is 5.03. The van der Waals surface area contributed by atoms with Crippen LogP contribution >= 0.6 is 15.9 Å². The molecule has 0 unspecified atom stereocenters. The van der Waals surface area contributed by atoms with Crippen LogP contribution in [0.3, 0.4) is 0 Å². The van der Waals surface area contributed by atoms with E-state index in [4.69, 9.17) is 15.6 Å². The fourth-order valence-corrected chi connectivity index (χ4v) is 1.95. The van der Waals surface area contributed by atoms with Crippen molar-refractivity contribution in [2.24, 2.45) is 5.73 Å². The van der Waals surface area contributed by atoms with Gasteiger partial charge in [-0.05, 0) is 25.0 Å². The van der Waals surface area contributed by atoms with Crippen LogP contribution < -0.4 is 10.5 Å². The highest BCUT2D eigenvalue weighted by atomic mass is 79.9. The van der Waals surface area contributed by atoms with Crippen LogP contribution in [0.5, 0.6) is 11.5 Å². The highest BCUT2D eigenvalue weighted by molar-refractivity contribution is 9.10. The lowest BCUT2D eigenvalue weighted by molar-refractivity contribution is 0.279. The number of aliphatic hydroxyl groups excluding tert-OH is 1. The van der Waals surface area contributed by atoms with Crippen LogP contribution in [0.25, 0.3) is 0 Å². The van der Waals surface area contributed by atoms with E-state index in [0.29, 0.717) is 24.2 Å². The molecule has 0 aliphatic heterocycles. The Morgan fingerprint density at radius 1 is 1.50 bits per heavy atom. The average Bonchev–Trinajstić information content (AvgIpc) is 2.28. The number of phenolic OH excluding ortho intramolecular Hbond substituents is 1. The number of rotatable bonds is 5. The van der Waals surface area contributed by atoms with Crippen LogP contribution in [-0.4, -0.2) is 23.9 Å². The fourth-order valence-electron chi connectivity index (χ4n) is 1.50. The van der Waals surface area contributed by atoms with Crippen molar-refractivity contribution in [2.45, 2.75) is 18.9 Å². The maximum absolute atomic E-state index is 9.89. The van der Waals surface area contributed by atoms with Gasteiger partial charge in [-0.1, -0.05) is 15.9 Å². The molecule has 90 valence electrons. The van der Waals surface area contributed by atoms with E-state index in [1.807, 2.05) is 0 Å². The van der Waals surface area contributed by atoms with Crippen molar-refractivity contribution in [3.05, 3.63) is 22.2 Å². The number of halogens is 1. The van der Waals surface area contributed by atoms with Crippen LogP contribution in [0, 0.1) is 0 Å². The van der Waals surface area contributed by atoms with Crippen LogP contribution in [0.4, 0.5) is 0 Å². The number of ether oxygens (including phenoxy) is 1. The standard InChI is InChI=1S/C11H16BrNO3/c1-16-10-6-7(12)5-8(11(10)15)9(13)3-2-4-14/h5-6,9,14-15H,2-4,13H2,1H3/t9-/m0/s1. The van der Waals surface area contributed by atoms with E-state index in [-0.39, 0.29) is 18.4 Å². The zero-order valence-electron chi connectivity index (χ0n) is 9.11. The molecule has 0 saturated carbocycles. The Morgan fingerprint density at radius 3 is 2.75 bits per heavy atom. The minimum atomic E-state index is -0.307. The highest BCUT2D eigenvalue weighted by Crippen LogP contribution is 2.37. The van der Waals surface area contributed by atoms with E-state index in [2.05, 4.69) is 15.9 Å². The number of hydrogen-bond donors (Lipinski definition) is 3. The molecule has 0 fully saturated rings. The Bertz CT molecular complexity index is 357. The van der Waals surface area contributed by atoms with Gasteiger partial charge in [-0.3, -0.25) is 0 Å². The largest absolute Gasteiger partial charge is 0.504 e. The second-order valence-electron chi connectivity index (χ2n) is 3.52. The predicted molar refractivity (Wildman–Crippen MR) is 65.6 cm³/mol. The summed E-state index contributed by atoms with van der Waals surface area (Å²) in [6, 6.07) is 3.14. The third-order valence-electron chi connectivity index (χ3n) is 2.36. The maximum atomic E-state index is 9.89. The summed E-state index contributed by atoms with van der Waals surface area (Å²) in [5.41, 5.74) is 6.55. The summed E-state index contributed by atoms with van der Waals surface area (Å²) >= 11 is 3.33. The molecule has 1 aromatic rings. The molecule has 16 heavy (non-hydrogen) atoms. The topological polar surface area (TPSA) is 75.7 Å². The highest BCUT2D eigenvalue weighted by Gasteiger charge is 2.15. The van der Waals surface area contributed by atoms with Gasteiger partial charge in [-0.25, -0.2) is 0 Å². The molecule has 1 aromatic carbocycles. The zero-order chi connectivity index (χ0) is 12.1. The molecule has 4 nitrogen and oxygen atoms in total. The third kappa shape index (κ3) is 3.10. The first-order valence-corrected chi connectivity index (χ1v) is 5.82.